The molecule has 1 N–H and O–H groups in total. The van der Waals surface area contributed by atoms with Crippen molar-refractivity contribution in [1.29, 1.82) is 0 Å². The Morgan fingerprint density at radius 1 is 1.28 bits per heavy atom. The number of aromatic amines is 1. The van der Waals surface area contributed by atoms with Crippen LogP contribution in [0.15, 0.2) is 16.6 Å². The molecule has 0 aliphatic heterocycles. The minimum absolute atomic E-state index is 0.125. The van der Waals surface area contributed by atoms with E-state index in [0.29, 0.717) is 4.47 Å². The van der Waals surface area contributed by atoms with Crippen LogP contribution < -0.4 is 0 Å². The van der Waals surface area contributed by atoms with Gasteiger partial charge in [-0.05, 0) is 34.8 Å². The minimum atomic E-state index is -0.244. The molecule has 2 aromatic rings. The van der Waals surface area contributed by atoms with Crippen LogP contribution in [-0.4, -0.2) is 9.97 Å². The number of benzene rings is 1. The lowest BCUT2D eigenvalue weighted by Gasteiger charge is -2.31. The SMILES string of the molecule is CC1(c2nc3cc(Br)c(F)cc3[nH]2)CCCCC1. The van der Waals surface area contributed by atoms with E-state index >= 15 is 0 Å². The van der Waals surface area contributed by atoms with Crippen molar-refractivity contribution in [1.82, 2.24) is 9.97 Å². The van der Waals surface area contributed by atoms with Gasteiger partial charge >= 0.3 is 0 Å². The van der Waals surface area contributed by atoms with Crippen LogP contribution in [0, 0.1) is 5.82 Å². The van der Waals surface area contributed by atoms with Crippen molar-refractivity contribution >= 4 is 27.0 Å². The molecule has 2 nitrogen and oxygen atoms in total. The fraction of sp³-hybridized carbons (Fsp3) is 0.500. The number of rotatable bonds is 1. The monoisotopic (exact) mass is 310 g/mol. The summed E-state index contributed by atoms with van der Waals surface area (Å²) >= 11 is 3.21. The number of aromatic nitrogens is 2. The molecule has 0 spiro atoms. The van der Waals surface area contributed by atoms with E-state index in [1.807, 2.05) is 0 Å². The van der Waals surface area contributed by atoms with E-state index in [1.165, 1.54) is 25.3 Å². The first-order chi connectivity index (χ1) is 8.58. The highest BCUT2D eigenvalue weighted by atomic mass is 79.9. The number of halogens is 2. The number of nitrogens with one attached hydrogen (secondary N) is 1. The van der Waals surface area contributed by atoms with Crippen LogP contribution in [0.3, 0.4) is 0 Å². The van der Waals surface area contributed by atoms with Gasteiger partial charge in [0.25, 0.3) is 0 Å². The van der Waals surface area contributed by atoms with Gasteiger partial charge in [0.1, 0.15) is 11.6 Å². The lowest BCUT2D eigenvalue weighted by molar-refractivity contribution is 0.306. The van der Waals surface area contributed by atoms with E-state index in [1.54, 1.807) is 6.07 Å². The molecule has 96 valence electrons. The fourth-order valence-corrected chi connectivity index (χ4v) is 3.19. The van der Waals surface area contributed by atoms with Crippen molar-refractivity contribution < 1.29 is 4.39 Å². The second kappa shape index (κ2) is 4.34. The van der Waals surface area contributed by atoms with Gasteiger partial charge in [-0.15, -0.1) is 0 Å². The van der Waals surface area contributed by atoms with E-state index in [4.69, 9.17) is 0 Å². The summed E-state index contributed by atoms with van der Waals surface area (Å²) in [5, 5.41) is 0. The summed E-state index contributed by atoms with van der Waals surface area (Å²) in [6, 6.07) is 3.26. The van der Waals surface area contributed by atoms with Gasteiger partial charge in [0.15, 0.2) is 0 Å². The van der Waals surface area contributed by atoms with Gasteiger partial charge < -0.3 is 4.98 Å². The molecule has 3 rings (SSSR count). The van der Waals surface area contributed by atoms with Gasteiger partial charge in [0.05, 0.1) is 15.5 Å². The van der Waals surface area contributed by atoms with Crippen molar-refractivity contribution in [2.24, 2.45) is 0 Å². The minimum Gasteiger partial charge on any atom is -0.341 e. The predicted octanol–water partition coefficient (Wildman–Crippen LogP) is 4.69. The third-order valence-electron chi connectivity index (χ3n) is 4.05. The van der Waals surface area contributed by atoms with E-state index in [2.05, 4.69) is 32.8 Å². The maximum Gasteiger partial charge on any atom is 0.139 e. The summed E-state index contributed by atoms with van der Waals surface area (Å²) in [4.78, 5) is 7.96. The summed E-state index contributed by atoms with van der Waals surface area (Å²) in [5.41, 5.74) is 1.75. The zero-order chi connectivity index (χ0) is 12.8. The average molecular weight is 311 g/mol. The first-order valence-corrected chi connectivity index (χ1v) is 7.23. The Bertz CT molecular complexity index is 546. The lowest BCUT2D eigenvalue weighted by Crippen LogP contribution is -2.26. The van der Waals surface area contributed by atoms with Gasteiger partial charge in [-0.25, -0.2) is 9.37 Å². The highest BCUT2D eigenvalue weighted by molar-refractivity contribution is 9.10. The molecule has 1 saturated carbocycles. The average Bonchev–Trinajstić information content (AvgIpc) is 2.74. The summed E-state index contributed by atoms with van der Waals surface area (Å²) < 4.78 is 14.0. The van der Waals surface area contributed by atoms with Crippen LogP contribution in [0.2, 0.25) is 0 Å². The first-order valence-electron chi connectivity index (χ1n) is 6.44. The number of H-pyrrole nitrogens is 1. The lowest BCUT2D eigenvalue weighted by atomic mass is 9.75. The zero-order valence-electron chi connectivity index (χ0n) is 10.4. The van der Waals surface area contributed by atoms with Crippen LogP contribution in [0.5, 0.6) is 0 Å². The highest BCUT2D eigenvalue weighted by Gasteiger charge is 2.31. The van der Waals surface area contributed by atoms with Gasteiger partial charge in [-0.1, -0.05) is 26.2 Å². The topological polar surface area (TPSA) is 28.7 Å². The number of hydrogen-bond donors (Lipinski definition) is 1. The van der Waals surface area contributed by atoms with Crippen molar-refractivity contribution in [2.75, 3.05) is 0 Å². The second-order valence-corrected chi connectivity index (χ2v) is 6.34. The summed E-state index contributed by atoms with van der Waals surface area (Å²) in [7, 11) is 0. The molecule has 1 fully saturated rings. The maximum absolute atomic E-state index is 13.5. The van der Waals surface area contributed by atoms with Crippen LogP contribution >= 0.6 is 15.9 Å². The molecule has 0 bridgehead atoms. The number of imidazole rings is 1. The molecule has 0 unspecified atom stereocenters. The number of fused-ring (bicyclic) bond motifs is 1. The van der Waals surface area contributed by atoms with Crippen molar-refractivity contribution in [3.63, 3.8) is 0 Å². The molecular formula is C14H16BrFN2. The zero-order valence-corrected chi connectivity index (χ0v) is 12.0. The molecule has 4 heteroatoms. The first kappa shape index (κ1) is 12.2. The summed E-state index contributed by atoms with van der Waals surface area (Å²) in [5.74, 6) is 0.765. The molecule has 18 heavy (non-hydrogen) atoms. The quantitative estimate of drug-likeness (QED) is 0.813. The molecular weight excluding hydrogens is 295 g/mol. The molecule has 1 heterocycles. The number of nitrogens with zero attached hydrogens (tertiary/aromatic N) is 1. The molecule has 0 saturated heterocycles. The van der Waals surface area contributed by atoms with Gasteiger partial charge in [-0.2, -0.15) is 0 Å². The van der Waals surface area contributed by atoms with Gasteiger partial charge in [0, 0.05) is 11.5 Å². The predicted molar refractivity (Wildman–Crippen MR) is 74.2 cm³/mol. The molecule has 1 aromatic heterocycles. The van der Waals surface area contributed by atoms with E-state index in [0.717, 1.165) is 29.7 Å². The molecule has 1 aliphatic rings. The van der Waals surface area contributed by atoms with Crippen molar-refractivity contribution in [2.45, 2.75) is 44.4 Å². The van der Waals surface area contributed by atoms with Crippen LogP contribution in [0.25, 0.3) is 11.0 Å². The summed E-state index contributed by atoms with van der Waals surface area (Å²) in [6.45, 7) is 2.26. The third-order valence-corrected chi connectivity index (χ3v) is 4.66. The van der Waals surface area contributed by atoms with Gasteiger partial charge in [-0.3, -0.25) is 0 Å². The van der Waals surface area contributed by atoms with E-state index < -0.39 is 0 Å². The molecule has 1 aliphatic carbocycles. The molecule has 0 atom stereocenters. The fourth-order valence-electron chi connectivity index (χ4n) is 2.86. The van der Waals surface area contributed by atoms with Crippen molar-refractivity contribution in [3.8, 4) is 0 Å². The largest absolute Gasteiger partial charge is 0.341 e. The Labute approximate surface area is 114 Å². The Morgan fingerprint density at radius 2 is 2.00 bits per heavy atom. The Balaban J connectivity index is 2.07. The second-order valence-electron chi connectivity index (χ2n) is 5.49. The molecule has 0 radical (unpaired) electrons. The van der Waals surface area contributed by atoms with Crippen molar-refractivity contribution in [3.05, 3.63) is 28.2 Å². The van der Waals surface area contributed by atoms with E-state index in [-0.39, 0.29) is 11.2 Å². The standard InChI is InChI=1S/C14H16BrFN2/c1-14(5-3-2-4-6-14)13-17-11-7-9(15)10(16)8-12(11)18-13/h7-8H,2-6H2,1H3,(H,17,18). The Morgan fingerprint density at radius 3 is 2.72 bits per heavy atom. The normalized spacial score (nSPS) is 19.3. The summed E-state index contributed by atoms with van der Waals surface area (Å²) in [6.07, 6.45) is 6.15. The molecule has 1 aromatic carbocycles. The smallest absolute Gasteiger partial charge is 0.139 e. The number of hydrogen-bond acceptors (Lipinski definition) is 1. The third kappa shape index (κ3) is 1.96. The maximum atomic E-state index is 13.5. The Kier molecular flexibility index (Phi) is 2.93. The van der Waals surface area contributed by atoms with Gasteiger partial charge in [0.2, 0.25) is 0 Å². The highest BCUT2D eigenvalue weighted by Crippen LogP contribution is 2.38. The van der Waals surface area contributed by atoms with Crippen LogP contribution in [-0.2, 0) is 5.41 Å². The Hall–Kier alpha value is -0.900. The van der Waals surface area contributed by atoms with E-state index in [9.17, 15) is 4.39 Å². The van der Waals surface area contributed by atoms with Crippen LogP contribution in [0.4, 0.5) is 4.39 Å². The van der Waals surface area contributed by atoms with Crippen LogP contribution in [0.1, 0.15) is 44.9 Å². The molecule has 0 amide bonds.